The van der Waals surface area contributed by atoms with Crippen LogP contribution in [0.5, 0.6) is 17.2 Å². The van der Waals surface area contributed by atoms with E-state index in [1.807, 2.05) is 0 Å². The second-order valence-corrected chi connectivity index (χ2v) is 8.74. The predicted molar refractivity (Wildman–Crippen MR) is 125 cm³/mol. The van der Waals surface area contributed by atoms with Gasteiger partial charge in [-0.05, 0) is 36.4 Å². The predicted octanol–water partition coefficient (Wildman–Crippen LogP) is 2.90. The van der Waals surface area contributed by atoms with Gasteiger partial charge in [0.1, 0.15) is 5.75 Å². The zero-order valence-electron chi connectivity index (χ0n) is 18.1. The van der Waals surface area contributed by atoms with Gasteiger partial charge < -0.3 is 14.2 Å². The molecule has 0 radical (unpaired) electrons. The molecule has 1 amide bonds. The molecule has 1 aliphatic heterocycles. The van der Waals surface area contributed by atoms with Crippen molar-refractivity contribution in [3.63, 3.8) is 0 Å². The van der Waals surface area contributed by atoms with Crippen LogP contribution in [0.1, 0.15) is 15.9 Å². The number of hydrogen-bond acceptors (Lipinski definition) is 9. The molecule has 0 aliphatic carbocycles. The molecule has 13 heteroatoms. The fourth-order valence-electron chi connectivity index (χ4n) is 3.17. The Balaban J connectivity index is 1.51. The number of benzene rings is 3. The van der Waals surface area contributed by atoms with Crippen molar-refractivity contribution in [3.05, 3.63) is 81.9 Å². The molecule has 0 aromatic heterocycles. The summed E-state index contributed by atoms with van der Waals surface area (Å²) < 4.78 is 43.6. The Bertz CT molecular complexity index is 1440. The van der Waals surface area contributed by atoms with Crippen molar-refractivity contribution >= 4 is 33.5 Å². The van der Waals surface area contributed by atoms with Gasteiger partial charge in [-0.3, -0.25) is 19.6 Å². The first-order valence-corrected chi connectivity index (χ1v) is 11.4. The molecule has 0 fully saturated rings. The number of carbonyl (C=O) groups excluding carboxylic acids is 1. The molecule has 3 aromatic rings. The summed E-state index contributed by atoms with van der Waals surface area (Å²) in [6.45, 7) is -0.0605. The van der Waals surface area contributed by atoms with Crippen LogP contribution in [0.4, 0.5) is 11.4 Å². The number of nitro groups is 1. The third-order valence-electron chi connectivity index (χ3n) is 4.85. The summed E-state index contributed by atoms with van der Waals surface area (Å²) in [4.78, 5) is 23.1. The summed E-state index contributed by atoms with van der Waals surface area (Å²) in [5.41, 5.74) is 2.26. The molecule has 35 heavy (non-hydrogen) atoms. The normalized spacial score (nSPS) is 12.4. The maximum atomic E-state index is 12.8. The van der Waals surface area contributed by atoms with Crippen LogP contribution >= 0.6 is 0 Å². The van der Waals surface area contributed by atoms with Gasteiger partial charge in [-0.1, -0.05) is 18.2 Å². The number of sulfonamides is 1. The lowest BCUT2D eigenvalue weighted by molar-refractivity contribution is -0.385. The van der Waals surface area contributed by atoms with E-state index in [1.54, 1.807) is 18.2 Å². The van der Waals surface area contributed by atoms with Crippen molar-refractivity contribution in [2.45, 2.75) is 4.90 Å². The van der Waals surface area contributed by atoms with Crippen LogP contribution < -0.4 is 24.4 Å². The minimum Gasteiger partial charge on any atom is -0.495 e. The molecule has 2 N–H and O–H groups in total. The van der Waals surface area contributed by atoms with Crippen molar-refractivity contribution < 1.29 is 32.3 Å². The summed E-state index contributed by atoms with van der Waals surface area (Å²) in [6.07, 6.45) is 1.09. The Morgan fingerprint density at radius 3 is 2.60 bits per heavy atom. The highest BCUT2D eigenvalue weighted by Crippen LogP contribution is 2.37. The molecule has 1 heterocycles. The van der Waals surface area contributed by atoms with Gasteiger partial charge in [0, 0.05) is 5.56 Å². The van der Waals surface area contributed by atoms with E-state index in [2.05, 4.69) is 15.2 Å². The van der Waals surface area contributed by atoms with Crippen LogP contribution in [0.25, 0.3) is 0 Å². The zero-order chi connectivity index (χ0) is 25.0. The van der Waals surface area contributed by atoms with Gasteiger partial charge in [-0.15, -0.1) is 0 Å². The van der Waals surface area contributed by atoms with Crippen LogP contribution in [0.2, 0.25) is 0 Å². The van der Waals surface area contributed by atoms with Gasteiger partial charge in [0.25, 0.3) is 21.6 Å². The van der Waals surface area contributed by atoms with E-state index in [1.165, 1.54) is 49.6 Å². The van der Waals surface area contributed by atoms with Gasteiger partial charge in [-0.25, -0.2) is 13.8 Å². The number of nitro benzene ring substituents is 1. The minimum atomic E-state index is -4.04. The number of para-hydroxylation sites is 2. The topological polar surface area (TPSA) is 158 Å². The standard InChI is InChI=1S/C22H18N4O8S/c1-32-19-8-3-2-7-17(19)25-35(30,31)16-6-4-5-14(9-16)22(27)24-23-12-15-10-20-21(34-13-33-20)11-18(15)26(28)29/h2-12,25H,13H2,1H3,(H,24,27)/b23-12+. The van der Waals surface area contributed by atoms with Gasteiger partial charge in [0.15, 0.2) is 11.5 Å². The SMILES string of the molecule is COc1ccccc1NS(=O)(=O)c1cccc(C(=O)N/N=C/c2cc3c(cc2[N+](=O)[O-])OCO3)c1. The third-order valence-corrected chi connectivity index (χ3v) is 6.21. The molecule has 1 aliphatic rings. The van der Waals surface area contributed by atoms with Crippen LogP contribution in [0.15, 0.2) is 70.7 Å². The zero-order valence-corrected chi connectivity index (χ0v) is 18.9. The fourth-order valence-corrected chi connectivity index (χ4v) is 4.29. The number of nitrogens with zero attached hydrogens (tertiary/aromatic N) is 2. The lowest BCUT2D eigenvalue weighted by atomic mass is 10.1. The minimum absolute atomic E-state index is 0.00485. The summed E-state index contributed by atoms with van der Waals surface area (Å²) in [5.74, 6) is 0.150. The summed E-state index contributed by atoms with van der Waals surface area (Å²) >= 11 is 0. The quantitative estimate of drug-likeness (QED) is 0.272. The van der Waals surface area contributed by atoms with Crippen LogP contribution in [-0.4, -0.2) is 39.4 Å². The average molecular weight is 498 g/mol. The van der Waals surface area contributed by atoms with Gasteiger partial charge in [-0.2, -0.15) is 5.10 Å². The Hall–Kier alpha value is -4.65. The number of amides is 1. The average Bonchev–Trinajstić information content (AvgIpc) is 3.31. The van der Waals surface area contributed by atoms with Gasteiger partial charge in [0.05, 0.1) is 40.5 Å². The monoisotopic (exact) mass is 498 g/mol. The number of rotatable bonds is 8. The summed E-state index contributed by atoms with van der Waals surface area (Å²) in [7, 11) is -2.62. The van der Waals surface area contributed by atoms with Crippen LogP contribution in [-0.2, 0) is 10.0 Å². The number of anilines is 1. The van der Waals surface area contributed by atoms with Gasteiger partial charge in [0.2, 0.25) is 6.79 Å². The van der Waals surface area contributed by atoms with E-state index < -0.39 is 20.9 Å². The first-order valence-electron chi connectivity index (χ1n) is 9.96. The Morgan fingerprint density at radius 1 is 1.11 bits per heavy atom. The number of carbonyl (C=O) groups is 1. The Morgan fingerprint density at radius 2 is 1.86 bits per heavy atom. The maximum Gasteiger partial charge on any atom is 0.282 e. The third kappa shape index (κ3) is 5.14. The van der Waals surface area contributed by atoms with Crippen LogP contribution in [0, 0.1) is 10.1 Å². The van der Waals surface area contributed by atoms with E-state index in [-0.39, 0.29) is 39.9 Å². The summed E-state index contributed by atoms with van der Waals surface area (Å²) in [6, 6.07) is 14.4. The molecular formula is C22H18N4O8S. The molecule has 0 saturated carbocycles. The highest BCUT2D eigenvalue weighted by molar-refractivity contribution is 7.92. The number of nitrogens with one attached hydrogen (secondary N) is 2. The van der Waals surface area contributed by atoms with E-state index in [0.29, 0.717) is 11.5 Å². The molecule has 0 unspecified atom stereocenters. The van der Waals surface area contributed by atoms with Crippen molar-refractivity contribution in [1.29, 1.82) is 0 Å². The number of methoxy groups -OCH3 is 1. The molecule has 0 saturated heterocycles. The highest BCUT2D eigenvalue weighted by atomic mass is 32.2. The van der Waals surface area contributed by atoms with Gasteiger partial charge >= 0.3 is 0 Å². The van der Waals surface area contributed by atoms with Crippen molar-refractivity contribution in [2.75, 3.05) is 18.6 Å². The molecule has 0 spiro atoms. The molecule has 0 bridgehead atoms. The van der Waals surface area contributed by atoms with Crippen molar-refractivity contribution in [1.82, 2.24) is 5.43 Å². The molecular weight excluding hydrogens is 480 g/mol. The molecule has 3 aromatic carbocycles. The lowest BCUT2D eigenvalue weighted by Gasteiger charge is -2.12. The van der Waals surface area contributed by atoms with E-state index in [4.69, 9.17) is 14.2 Å². The van der Waals surface area contributed by atoms with Crippen molar-refractivity contribution in [2.24, 2.45) is 5.10 Å². The number of ether oxygens (including phenoxy) is 3. The fraction of sp³-hybridized carbons (Fsp3) is 0.0909. The van der Waals surface area contributed by atoms with E-state index in [0.717, 1.165) is 6.21 Å². The highest BCUT2D eigenvalue weighted by Gasteiger charge is 2.23. The van der Waals surface area contributed by atoms with Crippen LogP contribution in [0.3, 0.4) is 0 Å². The molecule has 180 valence electrons. The maximum absolute atomic E-state index is 12.8. The lowest BCUT2D eigenvalue weighted by Crippen LogP contribution is -2.19. The largest absolute Gasteiger partial charge is 0.495 e. The number of hydrogen-bond donors (Lipinski definition) is 2. The summed E-state index contributed by atoms with van der Waals surface area (Å²) in [5, 5.41) is 15.1. The number of hydrazone groups is 1. The smallest absolute Gasteiger partial charge is 0.282 e. The Labute approximate surface area is 199 Å². The van der Waals surface area contributed by atoms with E-state index in [9.17, 15) is 23.3 Å². The van der Waals surface area contributed by atoms with E-state index >= 15 is 0 Å². The second-order valence-electron chi connectivity index (χ2n) is 7.05. The molecule has 0 atom stereocenters. The molecule has 12 nitrogen and oxygen atoms in total. The van der Waals surface area contributed by atoms with Crippen molar-refractivity contribution in [3.8, 4) is 17.2 Å². The Kier molecular flexibility index (Phi) is 6.51. The first-order chi connectivity index (χ1) is 16.8. The molecule has 4 rings (SSSR count). The second kappa shape index (κ2) is 9.69. The number of fused-ring (bicyclic) bond motifs is 1. The first kappa shape index (κ1) is 23.5.